The van der Waals surface area contributed by atoms with Gasteiger partial charge in [0.1, 0.15) is 5.75 Å². The van der Waals surface area contributed by atoms with E-state index >= 15 is 0 Å². The number of carbonyl (C=O) groups is 1. The van der Waals surface area contributed by atoms with Crippen molar-refractivity contribution in [2.75, 3.05) is 41.4 Å². The van der Waals surface area contributed by atoms with Gasteiger partial charge in [-0.2, -0.15) is 0 Å². The smallest absolute Gasteiger partial charge is 0.326 e. The van der Waals surface area contributed by atoms with Crippen LogP contribution < -0.4 is 19.9 Å². The van der Waals surface area contributed by atoms with Gasteiger partial charge in [-0.25, -0.2) is 9.78 Å². The highest BCUT2D eigenvalue weighted by molar-refractivity contribution is 6.04. The Hall–Kier alpha value is -2.76. The summed E-state index contributed by atoms with van der Waals surface area (Å²) in [6, 6.07) is 11.0. The van der Waals surface area contributed by atoms with Crippen LogP contribution in [0, 0.1) is 0 Å². The third-order valence-corrected chi connectivity index (χ3v) is 3.99. The fraction of sp³-hybridized carbons (Fsp3) is 0.333. The van der Waals surface area contributed by atoms with Crippen LogP contribution in [0.1, 0.15) is 13.8 Å². The minimum Gasteiger partial charge on any atom is -0.494 e. The van der Waals surface area contributed by atoms with Crippen LogP contribution in [0.4, 0.5) is 22.0 Å². The maximum Gasteiger partial charge on any atom is 0.326 e. The highest BCUT2D eigenvalue weighted by Crippen LogP contribution is 2.30. The Balaban J connectivity index is 1.75. The molecule has 2 heterocycles. The van der Waals surface area contributed by atoms with Crippen LogP contribution in [0.25, 0.3) is 0 Å². The van der Waals surface area contributed by atoms with E-state index in [1.54, 1.807) is 11.1 Å². The molecule has 126 valence electrons. The molecule has 24 heavy (non-hydrogen) atoms. The van der Waals surface area contributed by atoms with Crippen molar-refractivity contribution in [1.82, 2.24) is 4.98 Å². The molecule has 0 saturated heterocycles. The summed E-state index contributed by atoms with van der Waals surface area (Å²) >= 11 is 0. The second-order valence-electron chi connectivity index (χ2n) is 5.46. The molecule has 0 atom stereocenters. The average Bonchev–Trinajstić information content (AvgIpc) is 2.62. The first-order chi connectivity index (χ1) is 11.7. The van der Waals surface area contributed by atoms with Gasteiger partial charge in [0, 0.05) is 31.5 Å². The van der Waals surface area contributed by atoms with Crippen molar-refractivity contribution < 1.29 is 9.53 Å². The lowest BCUT2D eigenvalue weighted by Crippen LogP contribution is -2.46. The molecule has 1 aliphatic rings. The van der Waals surface area contributed by atoms with Crippen LogP contribution >= 0.6 is 0 Å². The van der Waals surface area contributed by atoms with Gasteiger partial charge in [-0.1, -0.05) is 0 Å². The molecule has 0 radical (unpaired) electrons. The molecule has 3 rings (SSSR count). The lowest BCUT2D eigenvalue weighted by atomic mass is 10.2. The maximum atomic E-state index is 12.7. The first-order valence-corrected chi connectivity index (χ1v) is 8.24. The molecule has 0 aliphatic carbocycles. The number of amides is 2. The minimum absolute atomic E-state index is 0.149. The molecule has 1 aliphatic heterocycles. The van der Waals surface area contributed by atoms with E-state index in [1.807, 2.05) is 43.3 Å². The summed E-state index contributed by atoms with van der Waals surface area (Å²) in [6.07, 6.45) is 1.76. The number of benzene rings is 1. The van der Waals surface area contributed by atoms with Crippen molar-refractivity contribution >= 4 is 23.2 Å². The van der Waals surface area contributed by atoms with Gasteiger partial charge in [-0.3, -0.25) is 4.90 Å². The fourth-order valence-electron chi connectivity index (χ4n) is 2.80. The molecule has 1 aromatic heterocycles. The van der Waals surface area contributed by atoms with Gasteiger partial charge in [0.05, 0.1) is 12.3 Å². The number of hydrogen-bond donors (Lipinski definition) is 1. The van der Waals surface area contributed by atoms with Crippen molar-refractivity contribution in [3.63, 3.8) is 0 Å². The SMILES string of the molecule is CCOc1ccc(NC(=O)N2CCN(CC)c3ncccc32)cc1. The lowest BCUT2D eigenvalue weighted by Gasteiger charge is -2.35. The Morgan fingerprint density at radius 3 is 2.71 bits per heavy atom. The third kappa shape index (κ3) is 3.27. The summed E-state index contributed by atoms with van der Waals surface area (Å²) in [5.74, 6) is 1.65. The molecule has 6 heteroatoms. The van der Waals surface area contributed by atoms with E-state index in [9.17, 15) is 4.79 Å². The highest BCUT2D eigenvalue weighted by atomic mass is 16.5. The monoisotopic (exact) mass is 326 g/mol. The van der Waals surface area contributed by atoms with Gasteiger partial charge >= 0.3 is 6.03 Å². The molecule has 2 aromatic rings. The summed E-state index contributed by atoms with van der Waals surface area (Å²) < 4.78 is 5.42. The molecule has 6 nitrogen and oxygen atoms in total. The molecule has 2 amide bonds. The summed E-state index contributed by atoms with van der Waals surface area (Å²) in [7, 11) is 0. The fourth-order valence-corrected chi connectivity index (χ4v) is 2.80. The highest BCUT2D eigenvalue weighted by Gasteiger charge is 2.26. The number of nitrogens with one attached hydrogen (secondary N) is 1. The Morgan fingerprint density at radius 1 is 1.21 bits per heavy atom. The number of pyridine rings is 1. The van der Waals surface area contributed by atoms with Crippen LogP contribution in [-0.4, -0.2) is 37.3 Å². The number of nitrogens with zero attached hydrogens (tertiary/aromatic N) is 3. The molecular formula is C18H22N4O2. The number of fused-ring (bicyclic) bond motifs is 1. The Kier molecular flexibility index (Phi) is 4.84. The van der Waals surface area contributed by atoms with Crippen LogP contribution in [-0.2, 0) is 0 Å². The van der Waals surface area contributed by atoms with E-state index in [0.29, 0.717) is 13.2 Å². The largest absolute Gasteiger partial charge is 0.494 e. The standard InChI is InChI=1S/C18H22N4O2/c1-3-21-12-13-22(16-6-5-11-19-17(16)21)18(23)20-14-7-9-15(10-8-14)24-4-2/h5-11H,3-4,12-13H2,1-2H3,(H,20,23). The molecule has 0 saturated carbocycles. The topological polar surface area (TPSA) is 57.7 Å². The number of rotatable bonds is 4. The average molecular weight is 326 g/mol. The molecule has 1 aromatic carbocycles. The summed E-state index contributed by atoms with van der Waals surface area (Å²) in [4.78, 5) is 21.0. The molecular weight excluding hydrogens is 304 g/mol. The predicted molar refractivity (Wildman–Crippen MR) is 96.1 cm³/mol. The van der Waals surface area contributed by atoms with E-state index in [-0.39, 0.29) is 6.03 Å². The van der Waals surface area contributed by atoms with Crippen LogP contribution in [0.5, 0.6) is 5.75 Å². The minimum atomic E-state index is -0.149. The number of aromatic nitrogens is 1. The Labute approximate surface area is 142 Å². The normalized spacial score (nSPS) is 13.4. The van der Waals surface area contributed by atoms with E-state index in [0.717, 1.165) is 36.0 Å². The van der Waals surface area contributed by atoms with Gasteiger partial charge in [-0.15, -0.1) is 0 Å². The van der Waals surface area contributed by atoms with Crippen molar-refractivity contribution in [3.05, 3.63) is 42.6 Å². The number of urea groups is 1. The van der Waals surface area contributed by atoms with Gasteiger partial charge < -0.3 is 15.0 Å². The van der Waals surface area contributed by atoms with Crippen LogP contribution in [0.2, 0.25) is 0 Å². The summed E-state index contributed by atoms with van der Waals surface area (Å²) in [6.45, 7) is 6.94. The Bertz CT molecular complexity index is 702. The number of likely N-dealkylation sites (N-methyl/N-ethyl adjacent to an activating group) is 1. The summed E-state index contributed by atoms with van der Waals surface area (Å²) in [5, 5.41) is 2.94. The van der Waals surface area contributed by atoms with E-state index in [2.05, 4.69) is 22.1 Å². The predicted octanol–water partition coefficient (Wildman–Crippen LogP) is 3.36. The van der Waals surface area contributed by atoms with Gasteiger partial charge in [0.15, 0.2) is 5.82 Å². The van der Waals surface area contributed by atoms with Gasteiger partial charge in [-0.05, 0) is 50.2 Å². The molecule has 0 unspecified atom stereocenters. The molecule has 1 N–H and O–H groups in total. The second-order valence-corrected chi connectivity index (χ2v) is 5.46. The van der Waals surface area contributed by atoms with E-state index in [1.165, 1.54) is 0 Å². The van der Waals surface area contributed by atoms with E-state index in [4.69, 9.17) is 4.74 Å². The van der Waals surface area contributed by atoms with Crippen molar-refractivity contribution in [2.45, 2.75) is 13.8 Å². The molecule has 0 spiro atoms. The number of anilines is 3. The van der Waals surface area contributed by atoms with Crippen molar-refractivity contribution in [1.29, 1.82) is 0 Å². The molecule has 0 bridgehead atoms. The molecule has 0 fully saturated rings. The Morgan fingerprint density at radius 2 is 2.00 bits per heavy atom. The van der Waals surface area contributed by atoms with Crippen molar-refractivity contribution in [2.24, 2.45) is 0 Å². The van der Waals surface area contributed by atoms with Gasteiger partial charge in [0.2, 0.25) is 0 Å². The van der Waals surface area contributed by atoms with Crippen LogP contribution in [0.3, 0.4) is 0 Å². The zero-order valence-corrected chi connectivity index (χ0v) is 14.0. The zero-order chi connectivity index (χ0) is 16.9. The first kappa shape index (κ1) is 16.1. The first-order valence-electron chi connectivity index (χ1n) is 8.24. The van der Waals surface area contributed by atoms with Crippen molar-refractivity contribution in [3.8, 4) is 5.75 Å². The van der Waals surface area contributed by atoms with Crippen LogP contribution in [0.15, 0.2) is 42.6 Å². The zero-order valence-electron chi connectivity index (χ0n) is 14.0. The third-order valence-electron chi connectivity index (χ3n) is 3.99. The maximum absolute atomic E-state index is 12.7. The lowest BCUT2D eigenvalue weighted by molar-refractivity contribution is 0.256. The van der Waals surface area contributed by atoms with Gasteiger partial charge in [0.25, 0.3) is 0 Å². The quantitative estimate of drug-likeness (QED) is 0.936. The number of hydrogen-bond acceptors (Lipinski definition) is 4. The summed E-state index contributed by atoms with van der Waals surface area (Å²) in [5.41, 5.74) is 1.58. The number of ether oxygens (including phenoxy) is 1. The van der Waals surface area contributed by atoms with E-state index < -0.39 is 0 Å². The number of carbonyl (C=O) groups excluding carboxylic acids is 1. The second kappa shape index (κ2) is 7.21.